The van der Waals surface area contributed by atoms with Crippen LogP contribution in [0.3, 0.4) is 0 Å². The molecule has 1 aromatic carbocycles. The van der Waals surface area contributed by atoms with Gasteiger partial charge in [0.1, 0.15) is 12.5 Å². The van der Waals surface area contributed by atoms with Crippen molar-refractivity contribution in [3.05, 3.63) is 35.9 Å². The van der Waals surface area contributed by atoms with Gasteiger partial charge in [-0.1, -0.05) is 30.3 Å². The number of alkyl halides is 1. The van der Waals surface area contributed by atoms with E-state index in [1.54, 1.807) is 9.80 Å². The largest absolute Gasteiger partial charge is 0.445 e. The molecule has 1 atom stereocenters. The van der Waals surface area contributed by atoms with Gasteiger partial charge in [0.15, 0.2) is 0 Å². The fourth-order valence-corrected chi connectivity index (χ4v) is 3.30. The third-order valence-electron chi connectivity index (χ3n) is 4.50. The van der Waals surface area contributed by atoms with Gasteiger partial charge in [-0.05, 0) is 38.2 Å². The van der Waals surface area contributed by atoms with E-state index in [1.165, 1.54) is 0 Å². The second kappa shape index (κ2) is 9.66. The SMILES string of the molecule is CC(C)N(C[C@@H]1CCCN(C(=O)OCc2ccccc2)C1)C(=O)CCl. The van der Waals surface area contributed by atoms with Gasteiger partial charge in [-0.2, -0.15) is 0 Å². The summed E-state index contributed by atoms with van der Waals surface area (Å²) < 4.78 is 5.42. The van der Waals surface area contributed by atoms with Gasteiger partial charge >= 0.3 is 6.09 Å². The minimum Gasteiger partial charge on any atom is -0.445 e. The number of halogens is 1. The molecule has 0 N–H and O–H groups in total. The van der Waals surface area contributed by atoms with E-state index in [0.29, 0.717) is 19.6 Å². The summed E-state index contributed by atoms with van der Waals surface area (Å²) in [5, 5.41) is 0. The summed E-state index contributed by atoms with van der Waals surface area (Å²) >= 11 is 5.71. The molecule has 2 rings (SSSR count). The standard InChI is InChI=1S/C19H27ClN2O3/c1-15(2)22(18(23)11-20)13-17-9-6-10-21(12-17)19(24)25-14-16-7-4-3-5-8-16/h3-5,7-8,15,17H,6,9-14H2,1-2H3/t17-/m1/s1. The summed E-state index contributed by atoms with van der Waals surface area (Å²) in [5.74, 6) is 0.196. The van der Waals surface area contributed by atoms with Gasteiger partial charge in [-0.15, -0.1) is 11.6 Å². The van der Waals surface area contributed by atoms with E-state index < -0.39 is 0 Å². The molecule has 138 valence electrons. The number of carbonyl (C=O) groups is 2. The lowest BCUT2D eigenvalue weighted by atomic mass is 9.97. The first kappa shape index (κ1) is 19.6. The average molecular weight is 367 g/mol. The van der Waals surface area contributed by atoms with Crippen LogP contribution in [0.5, 0.6) is 0 Å². The van der Waals surface area contributed by atoms with E-state index >= 15 is 0 Å². The number of carbonyl (C=O) groups excluding carboxylic acids is 2. The normalized spacial score (nSPS) is 17.4. The molecule has 0 saturated carbocycles. The number of benzene rings is 1. The molecule has 1 fully saturated rings. The summed E-state index contributed by atoms with van der Waals surface area (Å²) in [7, 11) is 0. The Hall–Kier alpha value is -1.75. The molecule has 0 unspecified atom stereocenters. The van der Waals surface area contributed by atoms with E-state index in [9.17, 15) is 9.59 Å². The molecule has 0 aliphatic carbocycles. The van der Waals surface area contributed by atoms with Crippen molar-refractivity contribution < 1.29 is 14.3 Å². The number of piperidine rings is 1. The Morgan fingerprint density at radius 2 is 2.04 bits per heavy atom. The van der Waals surface area contributed by atoms with E-state index in [1.807, 2.05) is 44.2 Å². The maximum absolute atomic E-state index is 12.3. The summed E-state index contributed by atoms with van der Waals surface area (Å²) in [6.45, 7) is 6.20. The van der Waals surface area contributed by atoms with Crippen molar-refractivity contribution in [3.63, 3.8) is 0 Å². The fourth-order valence-electron chi connectivity index (χ4n) is 3.15. The average Bonchev–Trinajstić information content (AvgIpc) is 2.64. The Bertz CT molecular complexity index is 565. The van der Waals surface area contributed by atoms with Crippen molar-refractivity contribution in [1.82, 2.24) is 9.80 Å². The molecular formula is C19H27ClN2O3. The molecule has 0 aromatic heterocycles. The summed E-state index contributed by atoms with van der Waals surface area (Å²) in [4.78, 5) is 27.9. The van der Waals surface area contributed by atoms with E-state index in [0.717, 1.165) is 18.4 Å². The molecule has 0 spiro atoms. The highest BCUT2D eigenvalue weighted by atomic mass is 35.5. The molecule has 1 aliphatic rings. The molecule has 0 bridgehead atoms. The number of hydrogen-bond acceptors (Lipinski definition) is 3. The second-order valence-corrected chi connectivity index (χ2v) is 7.04. The number of hydrogen-bond donors (Lipinski definition) is 0. The summed E-state index contributed by atoms with van der Waals surface area (Å²) in [6, 6.07) is 9.76. The van der Waals surface area contributed by atoms with Crippen LogP contribution in [-0.4, -0.2) is 53.4 Å². The van der Waals surface area contributed by atoms with Crippen molar-refractivity contribution in [2.75, 3.05) is 25.5 Å². The molecule has 1 aromatic rings. The number of amides is 2. The monoisotopic (exact) mass is 366 g/mol. The molecular weight excluding hydrogens is 340 g/mol. The van der Waals surface area contributed by atoms with Crippen LogP contribution in [0.1, 0.15) is 32.3 Å². The molecule has 25 heavy (non-hydrogen) atoms. The van der Waals surface area contributed by atoms with Gasteiger partial charge in [0, 0.05) is 25.7 Å². The molecule has 1 heterocycles. The third-order valence-corrected chi connectivity index (χ3v) is 4.72. The number of ether oxygens (including phenoxy) is 1. The Balaban J connectivity index is 1.86. The highest BCUT2D eigenvalue weighted by molar-refractivity contribution is 6.27. The third kappa shape index (κ3) is 5.92. The molecule has 6 heteroatoms. The van der Waals surface area contributed by atoms with Crippen LogP contribution in [0.2, 0.25) is 0 Å². The van der Waals surface area contributed by atoms with Crippen LogP contribution in [0.4, 0.5) is 4.79 Å². The zero-order chi connectivity index (χ0) is 18.2. The molecule has 1 aliphatic heterocycles. The predicted molar refractivity (Wildman–Crippen MR) is 98.5 cm³/mol. The number of likely N-dealkylation sites (tertiary alicyclic amines) is 1. The highest BCUT2D eigenvalue weighted by Gasteiger charge is 2.28. The fraction of sp³-hybridized carbons (Fsp3) is 0.579. The van der Waals surface area contributed by atoms with Gasteiger partial charge in [0.05, 0.1) is 0 Å². The van der Waals surface area contributed by atoms with Crippen LogP contribution < -0.4 is 0 Å². The second-order valence-electron chi connectivity index (χ2n) is 6.77. The lowest BCUT2D eigenvalue weighted by Crippen LogP contribution is -2.47. The minimum absolute atomic E-state index is 0.00622. The van der Waals surface area contributed by atoms with Gasteiger partial charge in [-0.25, -0.2) is 4.79 Å². The molecule has 0 radical (unpaired) electrons. The van der Waals surface area contributed by atoms with Crippen LogP contribution in [0, 0.1) is 5.92 Å². The highest BCUT2D eigenvalue weighted by Crippen LogP contribution is 2.20. The first-order valence-electron chi connectivity index (χ1n) is 8.82. The minimum atomic E-state index is -0.284. The lowest BCUT2D eigenvalue weighted by Gasteiger charge is -2.36. The Morgan fingerprint density at radius 1 is 1.32 bits per heavy atom. The van der Waals surface area contributed by atoms with Crippen molar-refractivity contribution in [2.45, 2.75) is 39.3 Å². The maximum atomic E-state index is 12.3. The number of rotatable bonds is 6. The van der Waals surface area contributed by atoms with Crippen LogP contribution in [0.15, 0.2) is 30.3 Å². The van der Waals surface area contributed by atoms with Crippen LogP contribution in [0.25, 0.3) is 0 Å². The Morgan fingerprint density at radius 3 is 2.68 bits per heavy atom. The summed E-state index contributed by atoms with van der Waals surface area (Å²) in [6.07, 6.45) is 1.64. The van der Waals surface area contributed by atoms with E-state index in [-0.39, 0.29) is 36.4 Å². The quantitative estimate of drug-likeness (QED) is 0.724. The lowest BCUT2D eigenvalue weighted by molar-refractivity contribution is -0.131. The first-order chi connectivity index (χ1) is 12.0. The summed E-state index contributed by atoms with van der Waals surface area (Å²) in [5.41, 5.74) is 0.975. The van der Waals surface area contributed by atoms with Crippen molar-refractivity contribution in [2.24, 2.45) is 5.92 Å². The zero-order valence-corrected chi connectivity index (χ0v) is 15.7. The zero-order valence-electron chi connectivity index (χ0n) is 15.0. The Labute approximate surface area is 154 Å². The van der Waals surface area contributed by atoms with Crippen molar-refractivity contribution >= 4 is 23.6 Å². The number of nitrogens with zero attached hydrogens (tertiary/aromatic N) is 2. The smallest absolute Gasteiger partial charge is 0.410 e. The van der Waals surface area contributed by atoms with Gasteiger partial charge in [0.2, 0.25) is 5.91 Å². The molecule has 5 nitrogen and oxygen atoms in total. The van der Waals surface area contributed by atoms with Crippen molar-refractivity contribution in [1.29, 1.82) is 0 Å². The molecule has 2 amide bonds. The maximum Gasteiger partial charge on any atom is 0.410 e. The van der Waals surface area contributed by atoms with Gasteiger partial charge in [0.25, 0.3) is 0 Å². The van der Waals surface area contributed by atoms with Crippen molar-refractivity contribution in [3.8, 4) is 0 Å². The van der Waals surface area contributed by atoms with E-state index in [2.05, 4.69) is 0 Å². The Kier molecular flexibility index (Phi) is 7.56. The predicted octanol–water partition coefficient (Wildman–Crippen LogP) is 3.51. The van der Waals surface area contributed by atoms with E-state index in [4.69, 9.17) is 16.3 Å². The van der Waals surface area contributed by atoms with Crippen LogP contribution in [-0.2, 0) is 16.1 Å². The first-order valence-corrected chi connectivity index (χ1v) is 9.35. The van der Waals surface area contributed by atoms with Crippen LogP contribution >= 0.6 is 11.6 Å². The van der Waals surface area contributed by atoms with Gasteiger partial charge < -0.3 is 14.5 Å². The van der Waals surface area contributed by atoms with Gasteiger partial charge in [-0.3, -0.25) is 4.79 Å². The molecule has 1 saturated heterocycles. The topological polar surface area (TPSA) is 49.9 Å².